The summed E-state index contributed by atoms with van der Waals surface area (Å²) in [4.78, 5) is 0. The third-order valence-electron chi connectivity index (χ3n) is 1.08. The number of halogens is 1. The lowest BCUT2D eigenvalue weighted by molar-refractivity contribution is 1.11. The van der Waals surface area contributed by atoms with Crippen molar-refractivity contribution in [2.75, 3.05) is 0 Å². The Morgan fingerprint density at radius 2 is 1.56 bits per heavy atom. The van der Waals surface area contributed by atoms with Crippen molar-refractivity contribution in [3.63, 3.8) is 0 Å². The fraction of sp³-hybridized carbons (Fsp3) is 0.143. The molecule has 9 heavy (non-hydrogen) atoms. The fourth-order valence-electron chi connectivity index (χ4n) is 0.566. The Morgan fingerprint density at radius 1 is 1.11 bits per heavy atom. The highest BCUT2D eigenvalue weighted by Gasteiger charge is 1.79. The average Bonchev–Trinajstić information content (AvgIpc) is 1.77. The Balaban J connectivity index is 0.000000640. The fourth-order valence-corrected chi connectivity index (χ4v) is 0.759. The zero-order chi connectivity index (χ0) is 5.98. The lowest BCUT2D eigenvalue weighted by atomic mass is 10.2. The summed E-state index contributed by atoms with van der Waals surface area (Å²) in [6, 6.07) is 8.37. The first-order valence-corrected chi connectivity index (χ1v) is 3.19. The van der Waals surface area contributed by atoms with E-state index in [2.05, 4.69) is 40.4 Å². The van der Waals surface area contributed by atoms with Crippen LogP contribution in [-0.4, -0.2) is 0 Å². The molecule has 0 aromatic heterocycles. The molecular formula is C7H10FP. The van der Waals surface area contributed by atoms with Gasteiger partial charge in [-0.3, -0.25) is 4.70 Å². The van der Waals surface area contributed by atoms with E-state index in [-0.39, 0.29) is 4.70 Å². The number of benzene rings is 1. The highest BCUT2D eigenvalue weighted by atomic mass is 31.0. The van der Waals surface area contributed by atoms with Crippen molar-refractivity contribution in [1.82, 2.24) is 0 Å². The largest absolute Gasteiger partial charge is 0.269 e. The van der Waals surface area contributed by atoms with Crippen LogP contribution < -0.4 is 5.30 Å². The number of rotatable bonds is 0. The Bertz CT molecular complexity index is 148. The maximum Gasteiger partial charge on any atom is -0.0302 e. The number of hydrogen-bond acceptors (Lipinski definition) is 0. The lowest BCUT2D eigenvalue weighted by Gasteiger charge is -1.89. The van der Waals surface area contributed by atoms with Crippen LogP contribution in [0, 0.1) is 6.92 Å². The second kappa shape index (κ2) is 3.58. The molecule has 0 fully saturated rings. The van der Waals surface area contributed by atoms with Crippen LogP contribution in [0.2, 0.25) is 0 Å². The van der Waals surface area contributed by atoms with Crippen molar-refractivity contribution < 1.29 is 4.70 Å². The summed E-state index contributed by atoms with van der Waals surface area (Å²) in [5.74, 6) is 0. The summed E-state index contributed by atoms with van der Waals surface area (Å²) in [5.41, 5.74) is 1.32. The van der Waals surface area contributed by atoms with Crippen LogP contribution in [0.5, 0.6) is 0 Å². The van der Waals surface area contributed by atoms with E-state index in [9.17, 15) is 0 Å². The predicted octanol–water partition coefficient (Wildman–Crippen LogP) is 1.65. The van der Waals surface area contributed by atoms with E-state index in [1.807, 2.05) is 0 Å². The molecule has 0 amide bonds. The molecule has 0 aliphatic rings. The molecule has 50 valence electrons. The van der Waals surface area contributed by atoms with Gasteiger partial charge in [0.25, 0.3) is 0 Å². The summed E-state index contributed by atoms with van der Waals surface area (Å²) in [6.45, 7) is 2.09. The van der Waals surface area contributed by atoms with Gasteiger partial charge in [-0.15, -0.1) is 9.24 Å². The van der Waals surface area contributed by atoms with Crippen LogP contribution in [0.4, 0.5) is 4.70 Å². The average molecular weight is 144 g/mol. The molecule has 0 radical (unpaired) electrons. The maximum atomic E-state index is 2.65. The zero-order valence-corrected chi connectivity index (χ0v) is 6.45. The summed E-state index contributed by atoms with van der Waals surface area (Å²) >= 11 is 0. The van der Waals surface area contributed by atoms with Crippen LogP contribution in [0.1, 0.15) is 5.56 Å². The summed E-state index contributed by atoms with van der Waals surface area (Å²) in [5, 5.41) is 1.25. The molecular weight excluding hydrogens is 134 g/mol. The van der Waals surface area contributed by atoms with Crippen LogP contribution in [-0.2, 0) is 0 Å². The molecule has 0 bridgehead atoms. The molecule has 0 N–H and O–H groups in total. The van der Waals surface area contributed by atoms with Gasteiger partial charge in [-0.1, -0.05) is 29.8 Å². The Hall–Kier alpha value is -0.420. The third kappa shape index (κ3) is 2.57. The first kappa shape index (κ1) is 8.58. The molecule has 0 aliphatic heterocycles. The third-order valence-corrected chi connectivity index (χ3v) is 1.46. The van der Waals surface area contributed by atoms with Crippen LogP contribution >= 0.6 is 9.24 Å². The molecule has 1 aromatic rings. The van der Waals surface area contributed by atoms with E-state index in [1.54, 1.807) is 0 Å². The summed E-state index contributed by atoms with van der Waals surface area (Å²) in [7, 11) is 2.65. The molecule has 0 aliphatic carbocycles. The standard InChI is InChI=1S/C7H9P.FH/c1-6-2-4-7(8)5-3-6;/h2-5H,8H2,1H3;1H. The highest BCUT2D eigenvalue weighted by Crippen LogP contribution is 1.94. The minimum absolute atomic E-state index is 0. The summed E-state index contributed by atoms with van der Waals surface area (Å²) in [6.07, 6.45) is 0. The van der Waals surface area contributed by atoms with E-state index in [0.29, 0.717) is 0 Å². The number of aryl methyl sites for hydroxylation is 1. The van der Waals surface area contributed by atoms with E-state index in [0.717, 1.165) is 0 Å². The molecule has 1 aromatic carbocycles. The first-order chi connectivity index (χ1) is 3.79. The SMILES string of the molecule is Cc1ccc(P)cc1.F. The molecule has 0 saturated carbocycles. The molecule has 1 rings (SSSR count). The van der Waals surface area contributed by atoms with E-state index < -0.39 is 0 Å². The van der Waals surface area contributed by atoms with Crippen molar-refractivity contribution in [3.05, 3.63) is 29.8 Å². The minimum Gasteiger partial charge on any atom is -0.269 e. The van der Waals surface area contributed by atoms with Gasteiger partial charge in [0.05, 0.1) is 0 Å². The quantitative estimate of drug-likeness (QED) is 0.485. The normalized spacial score (nSPS) is 8.22. The maximum absolute atomic E-state index is 2.65. The van der Waals surface area contributed by atoms with Gasteiger partial charge in [0.15, 0.2) is 0 Å². The molecule has 0 saturated heterocycles. The number of hydrogen-bond donors (Lipinski definition) is 0. The van der Waals surface area contributed by atoms with Gasteiger partial charge < -0.3 is 0 Å². The molecule has 0 nitrogen and oxygen atoms in total. The molecule has 0 heterocycles. The monoisotopic (exact) mass is 144 g/mol. The predicted molar refractivity (Wildman–Crippen MR) is 43.0 cm³/mol. The zero-order valence-electron chi connectivity index (χ0n) is 5.29. The van der Waals surface area contributed by atoms with E-state index in [4.69, 9.17) is 0 Å². The van der Waals surface area contributed by atoms with Crippen molar-refractivity contribution in [2.24, 2.45) is 0 Å². The minimum atomic E-state index is 0. The smallest absolute Gasteiger partial charge is 0.0302 e. The van der Waals surface area contributed by atoms with Crippen LogP contribution in [0.25, 0.3) is 0 Å². The van der Waals surface area contributed by atoms with Gasteiger partial charge in [-0.2, -0.15) is 0 Å². The van der Waals surface area contributed by atoms with Gasteiger partial charge in [-0.25, -0.2) is 0 Å². The summed E-state index contributed by atoms with van der Waals surface area (Å²) < 4.78 is 0. The van der Waals surface area contributed by atoms with Gasteiger partial charge in [-0.05, 0) is 12.2 Å². The van der Waals surface area contributed by atoms with Gasteiger partial charge in [0.1, 0.15) is 0 Å². The van der Waals surface area contributed by atoms with Crippen molar-refractivity contribution in [2.45, 2.75) is 6.92 Å². The second-order valence-corrected chi connectivity index (χ2v) is 2.58. The van der Waals surface area contributed by atoms with Crippen molar-refractivity contribution in [3.8, 4) is 0 Å². The Kier molecular flexibility index (Phi) is 3.41. The molecule has 2 heteroatoms. The van der Waals surface area contributed by atoms with Gasteiger partial charge >= 0.3 is 0 Å². The Morgan fingerprint density at radius 3 is 1.89 bits per heavy atom. The lowest BCUT2D eigenvalue weighted by Crippen LogP contribution is -1.85. The van der Waals surface area contributed by atoms with Gasteiger partial charge in [0, 0.05) is 0 Å². The highest BCUT2D eigenvalue weighted by molar-refractivity contribution is 7.27. The van der Waals surface area contributed by atoms with Crippen LogP contribution in [0.3, 0.4) is 0 Å². The molecule has 0 spiro atoms. The van der Waals surface area contributed by atoms with E-state index in [1.165, 1.54) is 10.9 Å². The van der Waals surface area contributed by atoms with Crippen LogP contribution in [0.15, 0.2) is 24.3 Å². The Labute approximate surface area is 56.9 Å². The van der Waals surface area contributed by atoms with Gasteiger partial charge in [0.2, 0.25) is 0 Å². The van der Waals surface area contributed by atoms with Crippen molar-refractivity contribution >= 4 is 14.5 Å². The van der Waals surface area contributed by atoms with Crippen molar-refractivity contribution in [1.29, 1.82) is 0 Å². The topological polar surface area (TPSA) is 0 Å². The second-order valence-electron chi connectivity index (χ2n) is 1.91. The molecule has 1 atom stereocenters. The molecule has 1 unspecified atom stereocenters. The first-order valence-electron chi connectivity index (χ1n) is 2.61. The van der Waals surface area contributed by atoms with E-state index >= 15 is 0 Å².